The van der Waals surface area contributed by atoms with Gasteiger partial charge in [-0.1, -0.05) is 6.07 Å². The number of fused-ring (bicyclic) bond motifs is 1. The standard InChI is InChI=1S/C17H17N7O/c1-22-6-5-19-17(22)16(25)14-9-13-11-23(7-8-24(13)21-14)15-4-2-3-12(10-18)20-15/h2-6,9,16,25H,7-8,11H2,1H3/t16-/m1/s1. The zero-order chi connectivity index (χ0) is 17.4. The third-order valence-electron chi connectivity index (χ3n) is 4.37. The molecule has 4 rings (SSSR count). The predicted octanol–water partition coefficient (Wildman–Crippen LogP) is 0.985. The van der Waals surface area contributed by atoms with Crippen LogP contribution in [0, 0.1) is 11.3 Å². The number of aliphatic hydroxyl groups is 1. The summed E-state index contributed by atoms with van der Waals surface area (Å²) in [4.78, 5) is 10.7. The quantitative estimate of drug-likeness (QED) is 0.767. The highest BCUT2D eigenvalue weighted by atomic mass is 16.3. The van der Waals surface area contributed by atoms with E-state index >= 15 is 0 Å². The summed E-state index contributed by atoms with van der Waals surface area (Å²) in [6.07, 6.45) is 2.60. The second-order valence-electron chi connectivity index (χ2n) is 6.00. The van der Waals surface area contributed by atoms with Gasteiger partial charge in [0.2, 0.25) is 0 Å². The van der Waals surface area contributed by atoms with Crippen LogP contribution in [0.25, 0.3) is 0 Å². The van der Waals surface area contributed by atoms with E-state index in [-0.39, 0.29) is 0 Å². The van der Waals surface area contributed by atoms with Gasteiger partial charge in [-0.3, -0.25) is 4.68 Å². The Bertz CT molecular complexity index is 952. The van der Waals surface area contributed by atoms with Gasteiger partial charge < -0.3 is 14.6 Å². The van der Waals surface area contributed by atoms with Crippen LogP contribution in [-0.4, -0.2) is 36.0 Å². The van der Waals surface area contributed by atoms with E-state index in [0.717, 1.165) is 18.1 Å². The highest BCUT2D eigenvalue weighted by Crippen LogP contribution is 2.24. The molecule has 0 aromatic carbocycles. The lowest BCUT2D eigenvalue weighted by molar-refractivity contribution is 0.200. The first-order valence-corrected chi connectivity index (χ1v) is 7.99. The Kier molecular flexibility index (Phi) is 3.71. The van der Waals surface area contributed by atoms with Gasteiger partial charge in [0.05, 0.1) is 24.5 Å². The van der Waals surface area contributed by atoms with Crippen LogP contribution >= 0.6 is 0 Å². The number of pyridine rings is 1. The predicted molar refractivity (Wildman–Crippen MR) is 89.5 cm³/mol. The molecular formula is C17H17N7O. The molecule has 8 heteroatoms. The molecule has 1 aliphatic heterocycles. The fourth-order valence-corrected chi connectivity index (χ4v) is 3.05. The molecule has 3 aromatic rings. The molecule has 0 saturated heterocycles. The Morgan fingerprint density at radius 2 is 2.20 bits per heavy atom. The molecule has 4 heterocycles. The van der Waals surface area contributed by atoms with E-state index in [1.165, 1.54) is 0 Å². The van der Waals surface area contributed by atoms with E-state index < -0.39 is 6.10 Å². The molecule has 25 heavy (non-hydrogen) atoms. The van der Waals surface area contributed by atoms with Crippen LogP contribution in [0.4, 0.5) is 5.82 Å². The summed E-state index contributed by atoms with van der Waals surface area (Å²) in [6.45, 7) is 2.07. The van der Waals surface area contributed by atoms with Gasteiger partial charge in [0.1, 0.15) is 23.4 Å². The molecule has 0 bridgehead atoms. The number of rotatable bonds is 3. The fraction of sp³-hybridized carbons (Fsp3) is 0.294. The van der Waals surface area contributed by atoms with Gasteiger partial charge in [-0.05, 0) is 18.2 Å². The van der Waals surface area contributed by atoms with Crippen molar-refractivity contribution in [1.29, 1.82) is 5.26 Å². The number of aliphatic hydroxyl groups excluding tert-OH is 1. The molecule has 0 radical (unpaired) electrons. The van der Waals surface area contributed by atoms with Crippen molar-refractivity contribution in [2.75, 3.05) is 11.4 Å². The zero-order valence-electron chi connectivity index (χ0n) is 13.7. The normalized spacial score (nSPS) is 14.8. The van der Waals surface area contributed by atoms with Crippen molar-refractivity contribution in [2.45, 2.75) is 19.2 Å². The van der Waals surface area contributed by atoms with Crippen LogP contribution < -0.4 is 4.90 Å². The largest absolute Gasteiger partial charge is 0.379 e. The highest BCUT2D eigenvalue weighted by Gasteiger charge is 2.24. The van der Waals surface area contributed by atoms with Gasteiger partial charge in [0.15, 0.2) is 6.10 Å². The maximum Gasteiger partial charge on any atom is 0.155 e. The van der Waals surface area contributed by atoms with Crippen molar-refractivity contribution in [3.05, 3.63) is 59.6 Å². The summed E-state index contributed by atoms with van der Waals surface area (Å²) in [7, 11) is 1.84. The van der Waals surface area contributed by atoms with E-state index in [0.29, 0.717) is 30.3 Å². The smallest absolute Gasteiger partial charge is 0.155 e. The lowest BCUT2D eigenvalue weighted by Crippen LogP contribution is -2.34. The summed E-state index contributed by atoms with van der Waals surface area (Å²) in [5.41, 5.74) is 1.99. The van der Waals surface area contributed by atoms with E-state index in [1.54, 1.807) is 23.0 Å². The van der Waals surface area contributed by atoms with E-state index in [9.17, 15) is 5.11 Å². The van der Waals surface area contributed by atoms with Gasteiger partial charge in [0.25, 0.3) is 0 Å². The third kappa shape index (κ3) is 2.75. The van der Waals surface area contributed by atoms with Crippen LogP contribution in [-0.2, 0) is 20.1 Å². The van der Waals surface area contributed by atoms with Crippen molar-refractivity contribution in [1.82, 2.24) is 24.3 Å². The number of nitriles is 1. The van der Waals surface area contributed by atoms with E-state index in [1.807, 2.05) is 29.9 Å². The first-order chi connectivity index (χ1) is 12.2. The Balaban J connectivity index is 1.59. The van der Waals surface area contributed by atoms with Crippen LogP contribution in [0.1, 0.15) is 29.0 Å². The van der Waals surface area contributed by atoms with Crippen molar-refractivity contribution in [3.8, 4) is 6.07 Å². The average Bonchev–Trinajstić information content (AvgIpc) is 3.26. The number of aromatic nitrogens is 5. The Morgan fingerprint density at radius 1 is 1.32 bits per heavy atom. The molecule has 0 unspecified atom stereocenters. The first-order valence-electron chi connectivity index (χ1n) is 7.99. The molecule has 126 valence electrons. The molecular weight excluding hydrogens is 318 g/mol. The van der Waals surface area contributed by atoms with Crippen LogP contribution in [0.3, 0.4) is 0 Å². The number of nitrogens with zero attached hydrogens (tertiary/aromatic N) is 7. The van der Waals surface area contributed by atoms with Gasteiger partial charge in [-0.15, -0.1) is 0 Å². The number of aryl methyl sites for hydroxylation is 1. The molecule has 3 aromatic heterocycles. The molecule has 1 atom stereocenters. The fourth-order valence-electron chi connectivity index (χ4n) is 3.05. The Morgan fingerprint density at radius 3 is 2.96 bits per heavy atom. The Hall–Kier alpha value is -3.18. The number of hydrogen-bond acceptors (Lipinski definition) is 6. The SMILES string of the molecule is Cn1ccnc1[C@H](O)c1cc2n(n1)CCN(c1cccc(C#N)n1)C2. The summed E-state index contributed by atoms with van der Waals surface area (Å²) in [5, 5.41) is 24.1. The molecule has 1 N–H and O–H groups in total. The minimum absolute atomic E-state index is 0.405. The number of imidazole rings is 1. The average molecular weight is 335 g/mol. The van der Waals surface area contributed by atoms with Gasteiger partial charge in [-0.2, -0.15) is 10.4 Å². The topological polar surface area (TPSA) is 95.8 Å². The Labute approximate surface area is 144 Å². The van der Waals surface area contributed by atoms with Crippen LogP contribution in [0.15, 0.2) is 36.7 Å². The summed E-state index contributed by atoms with van der Waals surface area (Å²) in [6, 6.07) is 9.40. The molecule has 8 nitrogen and oxygen atoms in total. The zero-order valence-corrected chi connectivity index (χ0v) is 13.7. The van der Waals surface area contributed by atoms with Crippen molar-refractivity contribution >= 4 is 5.82 Å². The lowest BCUT2D eigenvalue weighted by Gasteiger charge is -2.28. The molecule has 1 aliphatic rings. The van der Waals surface area contributed by atoms with Gasteiger partial charge in [0, 0.05) is 26.0 Å². The second-order valence-corrected chi connectivity index (χ2v) is 6.00. The number of hydrogen-bond donors (Lipinski definition) is 1. The van der Waals surface area contributed by atoms with Gasteiger partial charge in [-0.25, -0.2) is 9.97 Å². The first kappa shape index (κ1) is 15.4. The third-order valence-corrected chi connectivity index (χ3v) is 4.37. The monoisotopic (exact) mass is 335 g/mol. The minimum atomic E-state index is -0.855. The highest BCUT2D eigenvalue weighted by molar-refractivity contribution is 5.43. The molecule has 0 aliphatic carbocycles. The minimum Gasteiger partial charge on any atom is -0.379 e. The van der Waals surface area contributed by atoms with Crippen LogP contribution in [0.2, 0.25) is 0 Å². The molecule has 0 amide bonds. The summed E-state index contributed by atoms with van der Waals surface area (Å²) < 4.78 is 3.69. The van der Waals surface area contributed by atoms with Crippen molar-refractivity contribution in [3.63, 3.8) is 0 Å². The van der Waals surface area contributed by atoms with Crippen LogP contribution in [0.5, 0.6) is 0 Å². The number of anilines is 1. The second kappa shape index (κ2) is 6.03. The molecule has 0 spiro atoms. The van der Waals surface area contributed by atoms with E-state index in [4.69, 9.17) is 5.26 Å². The lowest BCUT2D eigenvalue weighted by atomic mass is 10.2. The van der Waals surface area contributed by atoms with Crippen molar-refractivity contribution in [2.24, 2.45) is 7.05 Å². The molecule has 0 saturated carbocycles. The maximum absolute atomic E-state index is 10.5. The summed E-state index contributed by atoms with van der Waals surface area (Å²) in [5.74, 6) is 1.34. The maximum atomic E-state index is 10.5. The van der Waals surface area contributed by atoms with Crippen molar-refractivity contribution < 1.29 is 5.11 Å². The molecule has 0 fully saturated rings. The summed E-state index contributed by atoms with van der Waals surface area (Å²) >= 11 is 0. The van der Waals surface area contributed by atoms with E-state index in [2.05, 4.69) is 26.0 Å². The van der Waals surface area contributed by atoms with Gasteiger partial charge >= 0.3 is 0 Å².